The standard InChI is InChI=1S/C16H22N2OS/c1-3-17-10-14-4-6-15(7-5-14)11-19-9-8-16-13(2)18-12-20-16/h4-7,12,17H,3,8-11H2,1-2H3. The van der Waals surface area contributed by atoms with Gasteiger partial charge in [0.1, 0.15) is 0 Å². The Bertz CT molecular complexity index is 507. The molecule has 0 radical (unpaired) electrons. The van der Waals surface area contributed by atoms with Crippen LogP contribution < -0.4 is 5.32 Å². The van der Waals surface area contributed by atoms with E-state index in [-0.39, 0.29) is 0 Å². The molecule has 1 heterocycles. The van der Waals surface area contributed by atoms with Crippen LogP contribution in [0.25, 0.3) is 0 Å². The summed E-state index contributed by atoms with van der Waals surface area (Å²) < 4.78 is 5.73. The summed E-state index contributed by atoms with van der Waals surface area (Å²) in [6.07, 6.45) is 0.953. The maximum atomic E-state index is 5.73. The van der Waals surface area contributed by atoms with Crippen LogP contribution in [-0.4, -0.2) is 18.1 Å². The van der Waals surface area contributed by atoms with E-state index >= 15 is 0 Å². The number of nitrogens with zero attached hydrogens (tertiary/aromatic N) is 1. The summed E-state index contributed by atoms with van der Waals surface area (Å²) in [5.41, 5.74) is 5.57. The summed E-state index contributed by atoms with van der Waals surface area (Å²) in [6.45, 7) is 7.54. The second-order valence-corrected chi connectivity index (χ2v) is 5.70. The molecule has 1 aromatic carbocycles. The second kappa shape index (κ2) is 8.15. The molecule has 3 nitrogen and oxygen atoms in total. The van der Waals surface area contributed by atoms with Gasteiger partial charge in [0.2, 0.25) is 0 Å². The molecule has 108 valence electrons. The Balaban J connectivity index is 1.70. The zero-order chi connectivity index (χ0) is 14.2. The van der Waals surface area contributed by atoms with E-state index in [0.717, 1.165) is 31.8 Å². The van der Waals surface area contributed by atoms with Gasteiger partial charge in [-0.15, -0.1) is 11.3 Å². The summed E-state index contributed by atoms with van der Waals surface area (Å²) in [5.74, 6) is 0. The lowest BCUT2D eigenvalue weighted by Gasteiger charge is -2.06. The molecule has 0 aliphatic rings. The van der Waals surface area contributed by atoms with Gasteiger partial charge in [-0.1, -0.05) is 31.2 Å². The van der Waals surface area contributed by atoms with Gasteiger partial charge in [-0.05, 0) is 24.6 Å². The van der Waals surface area contributed by atoms with Crippen molar-refractivity contribution in [3.8, 4) is 0 Å². The molecule has 0 fully saturated rings. The molecule has 1 N–H and O–H groups in total. The van der Waals surface area contributed by atoms with E-state index < -0.39 is 0 Å². The van der Waals surface area contributed by atoms with Crippen molar-refractivity contribution < 1.29 is 4.74 Å². The first-order valence-electron chi connectivity index (χ1n) is 7.05. The highest BCUT2D eigenvalue weighted by atomic mass is 32.1. The topological polar surface area (TPSA) is 34.1 Å². The van der Waals surface area contributed by atoms with E-state index in [1.54, 1.807) is 11.3 Å². The number of hydrogen-bond acceptors (Lipinski definition) is 4. The highest BCUT2D eigenvalue weighted by Crippen LogP contribution is 2.13. The van der Waals surface area contributed by atoms with E-state index in [0.29, 0.717) is 6.61 Å². The monoisotopic (exact) mass is 290 g/mol. The van der Waals surface area contributed by atoms with Crippen molar-refractivity contribution in [2.75, 3.05) is 13.2 Å². The minimum atomic E-state index is 0.680. The Morgan fingerprint density at radius 1 is 1.20 bits per heavy atom. The number of aromatic nitrogens is 1. The minimum absolute atomic E-state index is 0.680. The highest BCUT2D eigenvalue weighted by Gasteiger charge is 2.01. The van der Waals surface area contributed by atoms with Crippen molar-refractivity contribution in [2.24, 2.45) is 0 Å². The number of hydrogen-bond donors (Lipinski definition) is 1. The lowest BCUT2D eigenvalue weighted by molar-refractivity contribution is 0.124. The highest BCUT2D eigenvalue weighted by molar-refractivity contribution is 7.09. The number of thiazole rings is 1. The Morgan fingerprint density at radius 2 is 1.95 bits per heavy atom. The molecule has 1 aromatic heterocycles. The van der Waals surface area contributed by atoms with Crippen LogP contribution in [0.15, 0.2) is 29.8 Å². The first-order valence-corrected chi connectivity index (χ1v) is 7.92. The number of rotatable bonds is 8. The molecule has 0 aliphatic carbocycles. The maximum Gasteiger partial charge on any atom is 0.0797 e. The Hall–Kier alpha value is -1.23. The van der Waals surface area contributed by atoms with Gasteiger partial charge in [0.25, 0.3) is 0 Å². The van der Waals surface area contributed by atoms with Crippen molar-refractivity contribution in [1.82, 2.24) is 10.3 Å². The Morgan fingerprint density at radius 3 is 2.60 bits per heavy atom. The molecular formula is C16H22N2OS. The van der Waals surface area contributed by atoms with Crippen molar-refractivity contribution >= 4 is 11.3 Å². The molecule has 2 rings (SSSR count). The lowest BCUT2D eigenvalue weighted by Crippen LogP contribution is -2.11. The van der Waals surface area contributed by atoms with E-state index in [9.17, 15) is 0 Å². The van der Waals surface area contributed by atoms with E-state index in [1.807, 2.05) is 5.51 Å². The second-order valence-electron chi connectivity index (χ2n) is 4.76. The molecule has 0 amide bonds. The molecule has 0 saturated heterocycles. The van der Waals surface area contributed by atoms with Gasteiger partial charge in [0.15, 0.2) is 0 Å². The Kier molecular flexibility index (Phi) is 6.18. The number of benzene rings is 1. The summed E-state index contributed by atoms with van der Waals surface area (Å²) in [7, 11) is 0. The molecule has 20 heavy (non-hydrogen) atoms. The van der Waals surface area contributed by atoms with E-state index in [4.69, 9.17) is 4.74 Å². The largest absolute Gasteiger partial charge is 0.376 e. The fourth-order valence-corrected chi connectivity index (χ4v) is 2.71. The Labute approximate surface area is 125 Å². The first-order chi connectivity index (χ1) is 9.79. The third-order valence-electron chi connectivity index (χ3n) is 3.19. The normalized spacial score (nSPS) is 10.9. The minimum Gasteiger partial charge on any atom is -0.376 e. The zero-order valence-electron chi connectivity index (χ0n) is 12.2. The van der Waals surface area contributed by atoms with Gasteiger partial charge in [-0.3, -0.25) is 0 Å². The molecular weight excluding hydrogens is 268 g/mol. The van der Waals surface area contributed by atoms with E-state index in [1.165, 1.54) is 16.0 Å². The van der Waals surface area contributed by atoms with Crippen molar-refractivity contribution in [2.45, 2.75) is 33.4 Å². The van der Waals surface area contributed by atoms with Crippen molar-refractivity contribution in [3.05, 3.63) is 51.5 Å². The van der Waals surface area contributed by atoms with Crippen LogP contribution in [0.1, 0.15) is 28.6 Å². The summed E-state index contributed by atoms with van der Waals surface area (Å²) in [4.78, 5) is 5.57. The molecule has 0 bridgehead atoms. The molecule has 2 aromatic rings. The van der Waals surface area contributed by atoms with Crippen LogP contribution in [0.2, 0.25) is 0 Å². The SMILES string of the molecule is CCNCc1ccc(COCCc2scnc2C)cc1. The lowest BCUT2D eigenvalue weighted by atomic mass is 10.1. The van der Waals surface area contributed by atoms with Gasteiger partial charge < -0.3 is 10.1 Å². The molecule has 0 spiro atoms. The smallest absolute Gasteiger partial charge is 0.0797 e. The van der Waals surface area contributed by atoms with Crippen LogP contribution >= 0.6 is 11.3 Å². The summed E-state index contributed by atoms with van der Waals surface area (Å²) in [6, 6.07) is 8.61. The van der Waals surface area contributed by atoms with Gasteiger partial charge in [-0.25, -0.2) is 4.98 Å². The fraction of sp³-hybridized carbons (Fsp3) is 0.438. The van der Waals surface area contributed by atoms with Gasteiger partial charge in [0, 0.05) is 17.8 Å². The van der Waals surface area contributed by atoms with Gasteiger partial charge >= 0.3 is 0 Å². The molecule has 0 unspecified atom stereocenters. The molecule has 0 atom stereocenters. The maximum absolute atomic E-state index is 5.73. The average molecular weight is 290 g/mol. The number of nitrogens with one attached hydrogen (secondary N) is 1. The molecule has 0 aliphatic heterocycles. The average Bonchev–Trinajstić information content (AvgIpc) is 2.88. The number of ether oxygens (including phenoxy) is 1. The summed E-state index contributed by atoms with van der Waals surface area (Å²) >= 11 is 1.71. The quantitative estimate of drug-likeness (QED) is 0.757. The van der Waals surface area contributed by atoms with E-state index in [2.05, 4.69) is 48.4 Å². The van der Waals surface area contributed by atoms with Crippen LogP contribution in [0.4, 0.5) is 0 Å². The predicted molar refractivity (Wildman–Crippen MR) is 84.0 cm³/mol. The van der Waals surface area contributed by atoms with Crippen molar-refractivity contribution in [3.63, 3.8) is 0 Å². The molecule has 4 heteroatoms. The third-order valence-corrected chi connectivity index (χ3v) is 4.18. The van der Waals surface area contributed by atoms with Crippen molar-refractivity contribution in [1.29, 1.82) is 0 Å². The van der Waals surface area contributed by atoms with Crippen LogP contribution in [0.5, 0.6) is 0 Å². The van der Waals surface area contributed by atoms with Crippen LogP contribution in [0, 0.1) is 6.92 Å². The van der Waals surface area contributed by atoms with Gasteiger partial charge in [-0.2, -0.15) is 0 Å². The summed E-state index contributed by atoms with van der Waals surface area (Å²) in [5, 5.41) is 3.32. The van der Waals surface area contributed by atoms with Gasteiger partial charge in [0.05, 0.1) is 24.4 Å². The molecule has 0 saturated carbocycles. The zero-order valence-corrected chi connectivity index (χ0v) is 13.0. The van der Waals surface area contributed by atoms with Crippen LogP contribution in [0.3, 0.4) is 0 Å². The predicted octanol–water partition coefficient (Wildman–Crippen LogP) is 3.32. The number of aryl methyl sites for hydroxylation is 1. The third kappa shape index (κ3) is 4.71. The first kappa shape index (κ1) is 15.2. The van der Waals surface area contributed by atoms with Crippen LogP contribution in [-0.2, 0) is 24.3 Å². The fourth-order valence-electron chi connectivity index (χ4n) is 1.94.